The van der Waals surface area contributed by atoms with E-state index >= 15 is 0 Å². The molecule has 166 valence electrons. The van der Waals surface area contributed by atoms with Crippen molar-refractivity contribution in [1.29, 1.82) is 0 Å². The zero-order chi connectivity index (χ0) is 22.7. The molecule has 6 rings (SSSR count). The quantitative estimate of drug-likeness (QED) is 0.367. The van der Waals surface area contributed by atoms with Crippen molar-refractivity contribution >= 4 is 5.69 Å². The number of aromatic nitrogens is 2. The third-order valence-electron chi connectivity index (χ3n) is 7.66. The lowest BCUT2D eigenvalue weighted by Crippen LogP contribution is -2.18. The van der Waals surface area contributed by atoms with Gasteiger partial charge in [-0.1, -0.05) is 56.3 Å². The molecule has 0 spiro atoms. The average Bonchev–Trinajstić information content (AvgIpc) is 3.52. The second-order valence-electron chi connectivity index (χ2n) is 10.1. The van der Waals surface area contributed by atoms with E-state index in [2.05, 4.69) is 90.4 Å². The van der Waals surface area contributed by atoms with Gasteiger partial charge >= 0.3 is 0 Å². The number of fused-ring (bicyclic) bond motifs is 3. The molecule has 1 aliphatic heterocycles. The number of nitrogens with two attached hydrogens (primary N) is 1. The predicted octanol–water partition coefficient (Wildman–Crippen LogP) is 6.40. The molecule has 4 nitrogen and oxygen atoms in total. The van der Waals surface area contributed by atoms with Crippen LogP contribution < -0.4 is 5.73 Å². The highest BCUT2D eigenvalue weighted by Crippen LogP contribution is 2.50. The summed E-state index contributed by atoms with van der Waals surface area (Å²) in [7, 11) is 2.18. The van der Waals surface area contributed by atoms with Crippen LogP contribution in [0.1, 0.15) is 49.7 Å². The molecule has 1 unspecified atom stereocenters. The molecule has 4 aromatic rings. The number of H-pyrrole nitrogens is 1. The number of nitrogens with zero attached hydrogens (tertiary/aromatic N) is 2. The first-order valence-corrected chi connectivity index (χ1v) is 11.8. The number of rotatable bonds is 3. The summed E-state index contributed by atoms with van der Waals surface area (Å²) in [6.07, 6.45) is 4.38. The topological polar surface area (TPSA) is 57.9 Å². The molecule has 33 heavy (non-hydrogen) atoms. The van der Waals surface area contributed by atoms with E-state index in [0.717, 1.165) is 23.8 Å². The van der Waals surface area contributed by atoms with Crippen LogP contribution in [-0.2, 0) is 5.41 Å². The van der Waals surface area contributed by atoms with Crippen LogP contribution in [0.25, 0.3) is 33.5 Å². The maximum absolute atomic E-state index is 6.10. The van der Waals surface area contributed by atoms with E-state index in [4.69, 9.17) is 5.73 Å². The first-order chi connectivity index (χ1) is 15.9. The Hall–Kier alpha value is -3.37. The van der Waals surface area contributed by atoms with Gasteiger partial charge in [-0.2, -0.15) is 0 Å². The van der Waals surface area contributed by atoms with E-state index in [1.807, 2.05) is 12.3 Å². The van der Waals surface area contributed by atoms with Gasteiger partial charge in [-0.15, -0.1) is 0 Å². The number of nitrogens with one attached hydrogen (secondary N) is 1. The van der Waals surface area contributed by atoms with Gasteiger partial charge < -0.3 is 10.7 Å². The monoisotopic (exact) mass is 434 g/mol. The number of anilines is 1. The first kappa shape index (κ1) is 20.3. The minimum atomic E-state index is -0.0598. The second-order valence-corrected chi connectivity index (χ2v) is 10.1. The van der Waals surface area contributed by atoms with Gasteiger partial charge in [0.15, 0.2) is 0 Å². The van der Waals surface area contributed by atoms with Gasteiger partial charge in [0, 0.05) is 11.1 Å². The molecule has 1 atom stereocenters. The fourth-order valence-electron chi connectivity index (χ4n) is 5.69. The summed E-state index contributed by atoms with van der Waals surface area (Å²) in [5.41, 5.74) is 16.9. The van der Waals surface area contributed by atoms with Gasteiger partial charge in [0.25, 0.3) is 0 Å². The number of hydrogen-bond donors (Lipinski definition) is 2. The number of imidazole rings is 1. The molecule has 0 radical (unpaired) electrons. The molecule has 2 heterocycles. The maximum atomic E-state index is 6.10. The summed E-state index contributed by atoms with van der Waals surface area (Å²) in [6.45, 7) is 5.73. The van der Waals surface area contributed by atoms with E-state index in [9.17, 15) is 0 Å². The molecular formula is C29H30N4. The van der Waals surface area contributed by atoms with Crippen LogP contribution in [0.5, 0.6) is 0 Å². The fourth-order valence-corrected chi connectivity index (χ4v) is 5.69. The Balaban J connectivity index is 1.30. The van der Waals surface area contributed by atoms with Crippen LogP contribution in [0, 0.1) is 0 Å². The average molecular weight is 435 g/mol. The number of benzene rings is 3. The van der Waals surface area contributed by atoms with Gasteiger partial charge in [-0.3, -0.25) is 4.90 Å². The smallest absolute Gasteiger partial charge is 0.123 e. The van der Waals surface area contributed by atoms with Gasteiger partial charge in [0.1, 0.15) is 5.82 Å². The highest BCUT2D eigenvalue weighted by atomic mass is 15.2. The fraction of sp³-hybridized carbons (Fsp3) is 0.276. The van der Waals surface area contributed by atoms with E-state index in [1.165, 1.54) is 51.8 Å². The Morgan fingerprint density at radius 3 is 2.30 bits per heavy atom. The first-order valence-electron chi connectivity index (χ1n) is 11.8. The third-order valence-corrected chi connectivity index (χ3v) is 7.66. The third kappa shape index (κ3) is 3.20. The largest absolute Gasteiger partial charge is 0.399 e. The zero-order valence-corrected chi connectivity index (χ0v) is 19.5. The molecule has 3 aromatic carbocycles. The SMILES string of the molecule is CN1CCCC1c1ncc(-c2ccc(-c3ccc4c(c3)C(C)(C)c3cc(N)ccc3-4)cc2)[nH]1. The molecule has 1 aliphatic carbocycles. The molecule has 0 amide bonds. The highest BCUT2D eigenvalue weighted by molar-refractivity contribution is 5.84. The van der Waals surface area contributed by atoms with Crippen molar-refractivity contribution in [3.05, 3.63) is 83.8 Å². The molecule has 1 fully saturated rings. The standard InChI is InChI=1S/C29H30N4/c1-29(2)24-15-20(10-12-22(24)23-13-11-21(30)16-25(23)29)18-6-8-19(9-7-18)26-17-31-28(32-26)27-5-4-14-33(27)3/h6-13,15-17,27H,4-5,14,30H2,1-3H3,(H,31,32). The summed E-state index contributed by atoms with van der Waals surface area (Å²) in [5.74, 6) is 1.08. The highest BCUT2D eigenvalue weighted by Gasteiger charge is 2.35. The molecule has 2 aliphatic rings. The lowest BCUT2D eigenvalue weighted by molar-refractivity contribution is 0.307. The molecule has 0 bridgehead atoms. The summed E-state index contributed by atoms with van der Waals surface area (Å²) >= 11 is 0. The van der Waals surface area contributed by atoms with Crippen LogP contribution in [0.4, 0.5) is 5.69 Å². The zero-order valence-electron chi connectivity index (χ0n) is 19.5. The summed E-state index contributed by atoms with van der Waals surface area (Å²) < 4.78 is 0. The Kier molecular flexibility index (Phi) is 4.49. The van der Waals surface area contributed by atoms with Gasteiger partial charge in [0.05, 0.1) is 17.9 Å². The van der Waals surface area contributed by atoms with Gasteiger partial charge in [-0.25, -0.2) is 4.98 Å². The molecule has 1 saturated heterocycles. The Morgan fingerprint density at radius 2 is 1.58 bits per heavy atom. The van der Waals surface area contributed by atoms with Crippen molar-refractivity contribution in [3.63, 3.8) is 0 Å². The Bertz CT molecular complexity index is 1350. The molecule has 1 aromatic heterocycles. The van der Waals surface area contributed by atoms with E-state index in [1.54, 1.807) is 0 Å². The van der Waals surface area contributed by atoms with Crippen molar-refractivity contribution in [2.24, 2.45) is 0 Å². The Labute approximate surface area is 195 Å². The van der Waals surface area contributed by atoms with Crippen LogP contribution in [-0.4, -0.2) is 28.5 Å². The molecule has 4 heteroatoms. The maximum Gasteiger partial charge on any atom is 0.123 e. The predicted molar refractivity (Wildman–Crippen MR) is 136 cm³/mol. The summed E-state index contributed by atoms with van der Waals surface area (Å²) in [5, 5.41) is 0. The van der Waals surface area contributed by atoms with E-state index in [0.29, 0.717) is 6.04 Å². The van der Waals surface area contributed by atoms with Crippen molar-refractivity contribution in [1.82, 2.24) is 14.9 Å². The van der Waals surface area contributed by atoms with Crippen molar-refractivity contribution in [3.8, 4) is 33.5 Å². The number of likely N-dealkylation sites (tertiary alicyclic amines) is 1. The Morgan fingerprint density at radius 1 is 0.909 bits per heavy atom. The molecule has 3 N–H and O–H groups in total. The van der Waals surface area contributed by atoms with Crippen LogP contribution in [0.2, 0.25) is 0 Å². The lowest BCUT2D eigenvalue weighted by Gasteiger charge is -2.22. The summed E-state index contributed by atoms with van der Waals surface area (Å²) in [6, 6.07) is 22.4. The van der Waals surface area contributed by atoms with Crippen molar-refractivity contribution in [2.45, 2.75) is 38.1 Å². The minimum absolute atomic E-state index is 0.0598. The number of nitrogen functional groups attached to an aromatic ring is 1. The molecular weight excluding hydrogens is 404 g/mol. The molecule has 0 saturated carbocycles. The lowest BCUT2D eigenvalue weighted by atomic mass is 9.81. The van der Waals surface area contributed by atoms with Crippen LogP contribution in [0.15, 0.2) is 66.9 Å². The summed E-state index contributed by atoms with van der Waals surface area (Å²) in [4.78, 5) is 10.6. The van der Waals surface area contributed by atoms with Crippen molar-refractivity contribution < 1.29 is 0 Å². The van der Waals surface area contributed by atoms with E-state index in [-0.39, 0.29) is 5.41 Å². The number of hydrogen-bond acceptors (Lipinski definition) is 3. The normalized spacial score (nSPS) is 18.9. The van der Waals surface area contributed by atoms with Gasteiger partial charge in [-0.05, 0) is 83.6 Å². The second kappa shape index (κ2) is 7.32. The van der Waals surface area contributed by atoms with Crippen LogP contribution >= 0.6 is 0 Å². The van der Waals surface area contributed by atoms with Crippen molar-refractivity contribution in [2.75, 3.05) is 19.3 Å². The number of aromatic amines is 1. The van der Waals surface area contributed by atoms with Crippen LogP contribution in [0.3, 0.4) is 0 Å². The minimum Gasteiger partial charge on any atom is -0.399 e. The van der Waals surface area contributed by atoms with Gasteiger partial charge in [0.2, 0.25) is 0 Å². The van der Waals surface area contributed by atoms with E-state index < -0.39 is 0 Å².